The number of piperazine rings is 1. The number of H-pyrrole nitrogens is 1. The van der Waals surface area contributed by atoms with Crippen molar-refractivity contribution < 1.29 is 13.2 Å². The second-order valence-electron chi connectivity index (χ2n) is 9.34. The van der Waals surface area contributed by atoms with Crippen LogP contribution in [0.4, 0.5) is 0 Å². The van der Waals surface area contributed by atoms with E-state index in [1.165, 1.54) is 16.6 Å². The summed E-state index contributed by atoms with van der Waals surface area (Å²) in [5, 5.41) is 1.18. The van der Waals surface area contributed by atoms with Crippen molar-refractivity contribution in [3.63, 3.8) is 0 Å². The molecule has 0 spiro atoms. The Labute approximate surface area is 197 Å². The Hall–Kier alpha value is -1.87. The molecule has 0 bridgehead atoms. The second-order valence-corrected chi connectivity index (χ2v) is 12.2. The Bertz CT molecular complexity index is 1320. The third kappa shape index (κ3) is 3.31. The minimum atomic E-state index is -3.64. The largest absolute Gasteiger partial charge is 0.495 e. The SMILES string of the molecule is COc1cc2c(cc1S(=O)(=O)N1CCN(C)CC1)Cc1c([nH]c3cc(Br)ccc13)C2(C)C. The van der Waals surface area contributed by atoms with Gasteiger partial charge in [-0.3, -0.25) is 0 Å². The molecule has 1 N–H and O–H groups in total. The minimum absolute atomic E-state index is 0.269. The van der Waals surface area contributed by atoms with Gasteiger partial charge in [-0.2, -0.15) is 4.31 Å². The fourth-order valence-corrected chi connectivity index (χ4v) is 7.10. The Morgan fingerprint density at radius 2 is 1.81 bits per heavy atom. The molecule has 0 amide bonds. The molecule has 1 fully saturated rings. The number of methoxy groups -OCH3 is 1. The summed E-state index contributed by atoms with van der Waals surface area (Å²) < 4.78 is 35.4. The molecule has 2 aromatic carbocycles. The number of rotatable bonds is 3. The predicted molar refractivity (Wildman–Crippen MR) is 130 cm³/mol. The standard InChI is InChI=1S/C24H28BrN3O3S/c1-24(2)19-14-21(31-4)22(32(29,30)28-9-7-27(3)8-10-28)12-15(19)11-18-17-6-5-16(25)13-20(17)26-23(18)24/h5-6,12-14,26H,7-11H2,1-4H3. The lowest BCUT2D eigenvalue weighted by Crippen LogP contribution is -2.47. The summed E-state index contributed by atoms with van der Waals surface area (Å²) in [6.45, 7) is 6.81. The molecule has 1 aliphatic heterocycles. The second kappa shape index (κ2) is 7.58. The quantitative estimate of drug-likeness (QED) is 0.567. The Morgan fingerprint density at radius 1 is 1.09 bits per heavy atom. The molecule has 5 rings (SSSR count). The summed E-state index contributed by atoms with van der Waals surface area (Å²) in [4.78, 5) is 6.04. The Balaban J connectivity index is 1.65. The van der Waals surface area contributed by atoms with E-state index in [0.29, 0.717) is 25.3 Å². The Morgan fingerprint density at radius 3 is 2.50 bits per heavy atom. The molecule has 0 radical (unpaired) electrons. The van der Waals surface area contributed by atoms with Gasteiger partial charge in [0.25, 0.3) is 0 Å². The summed E-state index contributed by atoms with van der Waals surface area (Å²) in [5.74, 6) is 0.415. The van der Waals surface area contributed by atoms with Crippen LogP contribution in [0.25, 0.3) is 10.9 Å². The molecule has 1 aliphatic carbocycles. The first-order valence-corrected chi connectivity index (χ1v) is 13.1. The molecule has 0 atom stereocenters. The van der Waals surface area contributed by atoms with E-state index >= 15 is 0 Å². The first-order valence-electron chi connectivity index (χ1n) is 10.8. The molecule has 1 saturated heterocycles. The van der Waals surface area contributed by atoms with Crippen molar-refractivity contribution >= 4 is 36.9 Å². The number of benzene rings is 2. The van der Waals surface area contributed by atoms with Crippen LogP contribution in [0.15, 0.2) is 39.7 Å². The van der Waals surface area contributed by atoms with Gasteiger partial charge in [-0.05, 0) is 48.0 Å². The number of fused-ring (bicyclic) bond motifs is 4. The highest BCUT2D eigenvalue weighted by atomic mass is 79.9. The number of hydrogen-bond acceptors (Lipinski definition) is 4. The summed E-state index contributed by atoms with van der Waals surface area (Å²) in [7, 11) is -0.0786. The first kappa shape index (κ1) is 21.9. The van der Waals surface area contributed by atoms with Crippen LogP contribution in [-0.4, -0.2) is 62.9 Å². The molecule has 2 heterocycles. The molecule has 3 aromatic rings. The molecular formula is C24H28BrN3O3S. The van der Waals surface area contributed by atoms with E-state index in [9.17, 15) is 8.42 Å². The predicted octanol–water partition coefficient (Wildman–Crippen LogP) is 4.11. The fraction of sp³-hybridized carbons (Fsp3) is 0.417. The van der Waals surface area contributed by atoms with E-state index in [0.717, 1.165) is 34.2 Å². The highest BCUT2D eigenvalue weighted by Crippen LogP contribution is 2.46. The number of nitrogens with one attached hydrogen (secondary N) is 1. The van der Waals surface area contributed by atoms with Crippen molar-refractivity contribution in [2.45, 2.75) is 30.6 Å². The average Bonchev–Trinajstić information content (AvgIpc) is 3.12. The lowest BCUT2D eigenvalue weighted by molar-refractivity contribution is 0.222. The van der Waals surface area contributed by atoms with Gasteiger partial charge in [-0.15, -0.1) is 0 Å². The Kier molecular flexibility index (Phi) is 5.20. The van der Waals surface area contributed by atoms with Crippen LogP contribution in [0.2, 0.25) is 0 Å². The van der Waals surface area contributed by atoms with Crippen molar-refractivity contribution in [3.8, 4) is 5.75 Å². The van der Waals surface area contributed by atoms with Crippen molar-refractivity contribution in [2.24, 2.45) is 0 Å². The molecule has 170 valence electrons. The van der Waals surface area contributed by atoms with Crippen LogP contribution in [0, 0.1) is 0 Å². The van der Waals surface area contributed by atoms with Gasteiger partial charge >= 0.3 is 0 Å². The van der Waals surface area contributed by atoms with Crippen LogP contribution in [-0.2, 0) is 21.9 Å². The maximum absolute atomic E-state index is 13.6. The lowest BCUT2D eigenvalue weighted by Gasteiger charge is -2.35. The van der Waals surface area contributed by atoms with Gasteiger partial charge in [0, 0.05) is 59.1 Å². The number of sulfonamides is 1. The van der Waals surface area contributed by atoms with E-state index in [4.69, 9.17) is 4.74 Å². The zero-order valence-corrected chi connectivity index (χ0v) is 21.2. The molecule has 0 saturated carbocycles. The topological polar surface area (TPSA) is 65.6 Å². The van der Waals surface area contributed by atoms with Gasteiger partial charge < -0.3 is 14.6 Å². The molecular weight excluding hydrogens is 490 g/mol. The number of aromatic nitrogens is 1. The normalized spacial score (nSPS) is 19.0. The highest BCUT2D eigenvalue weighted by molar-refractivity contribution is 9.10. The van der Waals surface area contributed by atoms with Gasteiger partial charge in [0.1, 0.15) is 10.6 Å². The van der Waals surface area contributed by atoms with Crippen molar-refractivity contribution in [3.05, 3.63) is 57.2 Å². The number of halogens is 1. The van der Waals surface area contributed by atoms with Crippen LogP contribution in [0.1, 0.15) is 36.2 Å². The molecule has 1 aromatic heterocycles. The maximum atomic E-state index is 13.6. The van der Waals surface area contributed by atoms with Crippen molar-refractivity contribution in [2.75, 3.05) is 40.3 Å². The first-order chi connectivity index (χ1) is 15.1. The van der Waals surface area contributed by atoms with Gasteiger partial charge in [-0.25, -0.2) is 8.42 Å². The maximum Gasteiger partial charge on any atom is 0.246 e. The van der Waals surface area contributed by atoms with Gasteiger partial charge in [-0.1, -0.05) is 35.8 Å². The van der Waals surface area contributed by atoms with Crippen LogP contribution < -0.4 is 4.74 Å². The van der Waals surface area contributed by atoms with Crippen LogP contribution >= 0.6 is 15.9 Å². The van der Waals surface area contributed by atoms with Crippen LogP contribution in [0.3, 0.4) is 0 Å². The zero-order chi connectivity index (χ0) is 22.8. The van der Waals surface area contributed by atoms with Gasteiger partial charge in [0.05, 0.1) is 7.11 Å². The summed E-state index contributed by atoms with van der Waals surface area (Å²) in [5.41, 5.74) is 5.33. The van der Waals surface area contributed by atoms with Crippen molar-refractivity contribution in [1.29, 1.82) is 0 Å². The number of nitrogens with zero attached hydrogens (tertiary/aromatic N) is 2. The number of hydrogen-bond donors (Lipinski definition) is 1. The number of likely N-dealkylation sites (N-methyl/N-ethyl adjacent to an activating group) is 1. The summed E-state index contributed by atoms with van der Waals surface area (Å²) >= 11 is 3.56. The molecule has 0 unspecified atom stereocenters. The van der Waals surface area contributed by atoms with E-state index in [-0.39, 0.29) is 10.3 Å². The molecule has 2 aliphatic rings. The number of ether oxygens (including phenoxy) is 1. The highest BCUT2D eigenvalue weighted by Gasteiger charge is 2.38. The molecule has 32 heavy (non-hydrogen) atoms. The van der Waals surface area contributed by atoms with E-state index in [2.05, 4.69) is 57.9 Å². The third-order valence-electron chi connectivity index (χ3n) is 7.00. The van der Waals surface area contributed by atoms with Crippen LogP contribution in [0.5, 0.6) is 5.75 Å². The van der Waals surface area contributed by atoms with E-state index in [1.807, 2.05) is 19.2 Å². The number of aromatic amines is 1. The molecule has 8 heteroatoms. The monoisotopic (exact) mass is 517 g/mol. The smallest absolute Gasteiger partial charge is 0.246 e. The summed E-state index contributed by atoms with van der Waals surface area (Å²) in [6.07, 6.45) is 0.685. The third-order valence-corrected chi connectivity index (χ3v) is 9.42. The molecule has 6 nitrogen and oxygen atoms in total. The van der Waals surface area contributed by atoms with Gasteiger partial charge in [0.15, 0.2) is 0 Å². The summed E-state index contributed by atoms with van der Waals surface area (Å²) in [6, 6.07) is 10.1. The van der Waals surface area contributed by atoms with E-state index < -0.39 is 10.0 Å². The lowest BCUT2D eigenvalue weighted by atomic mass is 9.72. The van der Waals surface area contributed by atoms with Crippen molar-refractivity contribution in [1.82, 2.24) is 14.2 Å². The van der Waals surface area contributed by atoms with E-state index in [1.54, 1.807) is 11.4 Å². The minimum Gasteiger partial charge on any atom is -0.495 e. The average molecular weight is 518 g/mol. The zero-order valence-electron chi connectivity index (χ0n) is 18.8. The fourth-order valence-electron chi connectivity index (χ4n) is 5.13. The van der Waals surface area contributed by atoms with Gasteiger partial charge in [0.2, 0.25) is 10.0 Å².